The molecule has 138 valence electrons. The van der Waals surface area contributed by atoms with Crippen LogP contribution in [0.2, 0.25) is 0 Å². The topological polar surface area (TPSA) is 104 Å². The van der Waals surface area contributed by atoms with E-state index in [4.69, 9.17) is 5.73 Å². The lowest BCUT2D eigenvalue weighted by Gasteiger charge is -2.22. The van der Waals surface area contributed by atoms with Crippen LogP contribution in [-0.4, -0.2) is 18.7 Å². The number of anilines is 1. The summed E-state index contributed by atoms with van der Waals surface area (Å²) in [6.07, 6.45) is 4.22. The normalized spacial score (nSPS) is 16.1. The molecule has 4 rings (SSSR count). The van der Waals surface area contributed by atoms with E-state index >= 15 is 0 Å². The molecule has 3 aromatic rings. The molecule has 27 heavy (non-hydrogen) atoms. The molecule has 1 fully saturated rings. The molecule has 1 heterocycles. The Hall–Kier alpha value is -2.68. The lowest BCUT2D eigenvalue weighted by molar-refractivity contribution is 0.501. The second-order valence-electron chi connectivity index (χ2n) is 6.49. The summed E-state index contributed by atoms with van der Waals surface area (Å²) in [5, 5.41) is 0. The molecule has 0 spiro atoms. The maximum absolute atomic E-state index is 14.8. The minimum absolute atomic E-state index is 0.266. The minimum Gasteiger partial charge on any atom is -0.760 e. The van der Waals surface area contributed by atoms with Crippen LogP contribution in [0.25, 0.3) is 22.4 Å². The first-order chi connectivity index (χ1) is 13.0. The van der Waals surface area contributed by atoms with Crippen LogP contribution in [0.3, 0.4) is 0 Å². The Bertz CT molecular complexity index is 1020. The van der Waals surface area contributed by atoms with Crippen LogP contribution >= 0.6 is 0 Å². The van der Waals surface area contributed by atoms with Gasteiger partial charge in [-0.25, -0.2) is 14.1 Å². The monoisotopic (exact) mass is 383 g/mol. The summed E-state index contributed by atoms with van der Waals surface area (Å²) in [4.78, 5) is 8.05. The van der Waals surface area contributed by atoms with Gasteiger partial charge in [-0.15, -0.1) is 0 Å². The lowest BCUT2D eigenvalue weighted by Crippen LogP contribution is -2.30. The Morgan fingerprint density at radius 3 is 2.52 bits per heavy atom. The van der Waals surface area contributed by atoms with Crippen LogP contribution in [0.1, 0.15) is 18.4 Å². The highest BCUT2D eigenvalue weighted by Crippen LogP contribution is 2.49. The number of hydrogen-bond donors (Lipinski definition) is 2. The van der Waals surface area contributed by atoms with Gasteiger partial charge in [0.25, 0.3) is 0 Å². The summed E-state index contributed by atoms with van der Waals surface area (Å²) >= 11 is -2.37. The first-order valence-electron chi connectivity index (χ1n) is 8.33. The number of hydrogen-bond acceptors (Lipinski definition) is 5. The first-order valence-corrected chi connectivity index (χ1v) is 9.40. The Kier molecular flexibility index (Phi) is 4.47. The van der Waals surface area contributed by atoms with E-state index in [2.05, 4.69) is 14.7 Å². The maximum atomic E-state index is 14.8. The maximum Gasteiger partial charge on any atom is 0.141 e. The summed E-state index contributed by atoms with van der Waals surface area (Å²) in [5.41, 5.74) is 7.93. The predicted octanol–water partition coefficient (Wildman–Crippen LogP) is 2.90. The fourth-order valence-electron chi connectivity index (χ4n) is 3.23. The number of benzene rings is 2. The average molecular weight is 383 g/mol. The first kappa shape index (κ1) is 17.7. The van der Waals surface area contributed by atoms with E-state index < -0.39 is 22.6 Å². The van der Waals surface area contributed by atoms with Gasteiger partial charge in [0.1, 0.15) is 11.6 Å². The average Bonchev–Trinajstić information content (AvgIpc) is 3.42. The third kappa shape index (κ3) is 3.46. The number of nitrogens with zero attached hydrogens (tertiary/aromatic N) is 2. The molecular weight excluding hydrogens is 367 g/mol. The van der Waals surface area contributed by atoms with Crippen LogP contribution in [-0.2, 0) is 16.8 Å². The van der Waals surface area contributed by atoms with Gasteiger partial charge in [0, 0.05) is 16.8 Å². The molecule has 8 heteroatoms. The fraction of sp³-hybridized carbons (Fsp3) is 0.158. The molecule has 0 aliphatic heterocycles. The third-order valence-corrected chi connectivity index (χ3v) is 5.26. The van der Waals surface area contributed by atoms with E-state index in [0.29, 0.717) is 29.7 Å². The van der Waals surface area contributed by atoms with E-state index in [1.807, 2.05) is 24.3 Å². The van der Waals surface area contributed by atoms with Crippen molar-refractivity contribution in [3.8, 4) is 22.4 Å². The van der Waals surface area contributed by atoms with Gasteiger partial charge in [-0.2, -0.15) is 0 Å². The van der Waals surface area contributed by atoms with Crippen molar-refractivity contribution in [1.29, 1.82) is 0 Å². The van der Waals surface area contributed by atoms with Gasteiger partial charge in [0.15, 0.2) is 0 Å². The molecule has 1 aliphatic rings. The Morgan fingerprint density at radius 2 is 1.89 bits per heavy atom. The predicted molar refractivity (Wildman–Crippen MR) is 100 cm³/mol. The molecule has 1 saturated carbocycles. The van der Waals surface area contributed by atoms with Crippen LogP contribution in [0, 0.1) is 5.82 Å². The summed E-state index contributed by atoms with van der Waals surface area (Å²) in [5.74, 6) is -0.172. The zero-order valence-electron chi connectivity index (χ0n) is 14.2. The van der Waals surface area contributed by atoms with E-state index in [9.17, 15) is 13.2 Å². The van der Waals surface area contributed by atoms with Gasteiger partial charge >= 0.3 is 0 Å². The molecule has 2 aromatic carbocycles. The standard InChI is InChI=1S/C19H17FN4O2S/c20-16-9-12(5-6-14(16)17-10-23-18(21)11-22-17)13-3-1-2-4-15(13)19(7-8-19)24-27(25)26/h1-6,9-11,24H,7-8H2,(H2,21,23)(H,25,26)/p-1. The highest BCUT2D eigenvalue weighted by atomic mass is 32.2. The third-order valence-electron chi connectivity index (χ3n) is 4.70. The Morgan fingerprint density at radius 1 is 1.11 bits per heavy atom. The second-order valence-corrected chi connectivity index (χ2v) is 7.16. The molecule has 3 N–H and O–H groups in total. The van der Waals surface area contributed by atoms with Gasteiger partial charge in [-0.3, -0.25) is 9.19 Å². The highest BCUT2D eigenvalue weighted by molar-refractivity contribution is 7.77. The Labute approximate surface area is 158 Å². The van der Waals surface area contributed by atoms with Gasteiger partial charge in [-0.05, 0) is 41.7 Å². The number of nitrogens with two attached hydrogens (primary N) is 1. The molecule has 1 aliphatic carbocycles. The van der Waals surface area contributed by atoms with Crippen molar-refractivity contribution in [2.24, 2.45) is 0 Å². The number of halogens is 1. The molecule has 0 bridgehead atoms. The summed E-state index contributed by atoms with van der Waals surface area (Å²) < 4.78 is 39.7. The Balaban J connectivity index is 1.74. The van der Waals surface area contributed by atoms with Crippen LogP contribution < -0.4 is 10.5 Å². The van der Waals surface area contributed by atoms with Crippen LogP contribution in [0.15, 0.2) is 54.9 Å². The largest absolute Gasteiger partial charge is 0.760 e. The van der Waals surface area contributed by atoms with Crippen molar-refractivity contribution >= 4 is 17.1 Å². The lowest BCUT2D eigenvalue weighted by atomic mass is 9.93. The molecule has 0 radical (unpaired) electrons. The molecule has 1 aromatic heterocycles. The number of nitrogens with one attached hydrogen (secondary N) is 1. The SMILES string of the molecule is Nc1cnc(-c2ccc(-c3ccccc3C3(NS(=O)[O-])CC3)cc2F)cn1. The van der Waals surface area contributed by atoms with E-state index in [0.717, 1.165) is 11.1 Å². The smallest absolute Gasteiger partial charge is 0.141 e. The van der Waals surface area contributed by atoms with Gasteiger partial charge in [0.2, 0.25) is 0 Å². The van der Waals surface area contributed by atoms with Crippen molar-refractivity contribution in [1.82, 2.24) is 14.7 Å². The number of aromatic nitrogens is 2. The van der Waals surface area contributed by atoms with Crippen molar-refractivity contribution in [3.63, 3.8) is 0 Å². The summed E-state index contributed by atoms with van der Waals surface area (Å²) in [6, 6.07) is 12.3. The zero-order chi connectivity index (χ0) is 19.0. The molecule has 1 atom stereocenters. The van der Waals surface area contributed by atoms with Crippen LogP contribution in [0.4, 0.5) is 10.2 Å². The van der Waals surface area contributed by atoms with E-state index in [1.165, 1.54) is 18.5 Å². The van der Waals surface area contributed by atoms with Crippen LogP contribution in [0.5, 0.6) is 0 Å². The minimum atomic E-state index is -2.37. The molecule has 0 saturated heterocycles. The van der Waals surface area contributed by atoms with E-state index in [-0.39, 0.29) is 5.82 Å². The van der Waals surface area contributed by atoms with Crippen molar-refractivity contribution < 1.29 is 13.2 Å². The van der Waals surface area contributed by atoms with Gasteiger partial charge in [0.05, 0.1) is 23.6 Å². The molecule has 1 unspecified atom stereocenters. The number of rotatable bonds is 5. The van der Waals surface area contributed by atoms with Gasteiger partial charge in [-0.1, -0.05) is 30.3 Å². The van der Waals surface area contributed by atoms with Crippen molar-refractivity contribution in [2.45, 2.75) is 18.4 Å². The second kappa shape index (κ2) is 6.80. The quantitative estimate of drug-likeness (QED) is 0.659. The van der Waals surface area contributed by atoms with Crippen molar-refractivity contribution in [2.75, 3.05) is 5.73 Å². The molecule has 0 amide bonds. The molecule has 6 nitrogen and oxygen atoms in total. The fourth-order valence-corrected chi connectivity index (χ4v) is 3.86. The molecular formula is C19H16FN4O2S-. The number of nitrogen functional groups attached to an aromatic ring is 1. The van der Waals surface area contributed by atoms with E-state index in [1.54, 1.807) is 12.1 Å². The van der Waals surface area contributed by atoms with Crippen molar-refractivity contribution in [3.05, 3.63) is 66.2 Å². The zero-order valence-corrected chi connectivity index (χ0v) is 15.0. The summed E-state index contributed by atoms with van der Waals surface area (Å²) in [7, 11) is 0. The summed E-state index contributed by atoms with van der Waals surface area (Å²) in [6.45, 7) is 0. The highest BCUT2D eigenvalue weighted by Gasteiger charge is 2.45. The van der Waals surface area contributed by atoms with Gasteiger partial charge < -0.3 is 10.3 Å².